The molecule has 0 saturated carbocycles. The number of carbonyl (C=O) groups excluding carboxylic acids is 1. The number of aliphatic hydroxyl groups is 1. The van der Waals surface area contributed by atoms with Crippen LogP contribution in [0.15, 0.2) is 122 Å². The van der Waals surface area contributed by atoms with E-state index in [-0.39, 0.29) is 19.1 Å². The molecular formula is C60H104N2O6P+. The minimum Gasteiger partial charge on any atom is -0.387 e. The lowest BCUT2D eigenvalue weighted by Gasteiger charge is -2.25. The van der Waals surface area contributed by atoms with Gasteiger partial charge in [-0.05, 0) is 96.3 Å². The van der Waals surface area contributed by atoms with Gasteiger partial charge in [-0.3, -0.25) is 13.8 Å². The summed E-state index contributed by atoms with van der Waals surface area (Å²) in [5, 5.41) is 13.8. The van der Waals surface area contributed by atoms with Gasteiger partial charge in [0.1, 0.15) is 13.2 Å². The number of amides is 1. The van der Waals surface area contributed by atoms with Crippen LogP contribution in [0.1, 0.15) is 200 Å². The number of aliphatic hydroxyl groups excluding tert-OH is 1. The summed E-state index contributed by atoms with van der Waals surface area (Å²) in [6, 6.07) is -0.870. The number of unbranched alkanes of at least 4 members (excludes halogenated alkanes) is 17. The third-order valence-corrected chi connectivity index (χ3v) is 12.4. The fraction of sp³-hybridized carbons (Fsp3) is 0.650. The monoisotopic (exact) mass is 980 g/mol. The molecule has 3 N–H and O–H groups in total. The van der Waals surface area contributed by atoms with Gasteiger partial charge >= 0.3 is 7.82 Å². The van der Waals surface area contributed by atoms with Crippen LogP contribution in [-0.4, -0.2) is 73.4 Å². The highest BCUT2D eigenvalue weighted by molar-refractivity contribution is 7.47. The molecular weight excluding hydrogens is 876 g/mol. The molecule has 69 heavy (non-hydrogen) atoms. The zero-order valence-electron chi connectivity index (χ0n) is 44.8. The Morgan fingerprint density at radius 2 is 0.884 bits per heavy atom. The van der Waals surface area contributed by atoms with Gasteiger partial charge in [-0.15, -0.1) is 0 Å². The molecule has 1 amide bonds. The maximum Gasteiger partial charge on any atom is 0.472 e. The van der Waals surface area contributed by atoms with Crippen molar-refractivity contribution in [1.29, 1.82) is 0 Å². The number of hydrogen-bond donors (Lipinski definition) is 3. The molecule has 0 aliphatic rings. The number of hydrogen-bond acceptors (Lipinski definition) is 5. The van der Waals surface area contributed by atoms with Gasteiger partial charge < -0.3 is 19.8 Å². The normalized spacial score (nSPS) is 14.9. The van der Waals surface area contributed by atoms with E-state index in [2.05, 4.69) is 129 Å². The van der Waals surface area contributed by atoms with Crippen LogP contribution >= 0.6 is 7.82 Å². The molecule has 3 unspecified atom stereocenters. The number of nitrogens with zero attached hydrogens (tertiary/aromatic N) is 1. The Kier molecular flexibility index (Phi) is 47.6. The second-order valence-corrected chi connectivity index (χ2v) is 20.7. The van der Waals surface area contributed by atoms with Crippen LogP contribution in [0.25, 0.3) is 0 Å². The highest BCUT2D eigenvalue weighted by atomic mass is 31.2. The molecule has 8 nitrogen and oxygen atoms in total. The molecule has 0 fully saturated rings. The van der Waals surface area contributed by atoms with Crippen LogP contribution in [0.2, 0.25) is 0 Å². The third kappa shape index (κ3) is 52.6. The van der Waals surface area contributed by atoms with E-state index < -0.39 is 20.0 Å². The molecule has 9 heteroatoms. The number of rotatable bonds is 48. The van der Waals surface area contributed by atoms with Crippen LogP contribution < -0.4 is 5.32 Å². The zero-order chi connectivity index (χ0) is 50.6. The predicted octanol–water partition coefficient (Wildman–Crippen LogP) is 16.6. The quantitative estimate of drug-likeness (QED) is 0.0243. The zero-order valence-corrected chi connectivity index (χ0v) is 45.6. The van der Waals surface area contributed by atoms with E-state index in [1.165, 1.54) is 89.9 Å². The Balaban J connectivity index is 4.05. The molecule has 0 spiro atoms. The van der Waals surface area contributed by atoms with E-state index in [0.29, 0.717) is 17.4 Å². The van der Waals surface area contributed by atoms with Gasteiger partial charge in [0.2, 0.25) is 5.91 Å². The predicted molar refractivity (Wildman–Crippen MR) is 299 cm³/mol. The average molecular weight is 980 g/mol. The van der Waals surface area contributed by atoms with Crippen molar-refractivity contribution in [2.24, 2.45) is 0 Å². The van der Waals surface area contributed by atoms with Crippen molar-refractivity contribution in [2.45, 2.75) is 212 Å². The first kappa shape index (κ1) is 65.9. The summed E-state index contributed by atoms with van der Waals surface area (Å²) in [6.07, 6.45) is 74.6. The standard InChI is InChI=1S/C60H103N2O6P/c1-6-8-10-12-14-16-18-19-20-21-22-23-24-25-26-27-28-29-30-31-32-33-34-35-36-37-38-39-40-41-42-43-44-46-48-50-52-54-60(64)61-58(57-68-69(65,66)67-56-55-62(3,4)5)59(63)53-51-49-47-45-17-15-13-11-9-7-2/h8,10,14,16-17,19-20,22-23,25-26,28-29,31-32,34-35,45,51,53,58-59,63H,6-7,9,11-13,15,18,21,24,27,30,33,36-44,46-50,52,54-57H2,1-5H3,(H-,61,64,65,66)/p+1/b10-8-,16-14-,20-19-,23-22-,26-25-,29-28-,32-31-,35-34-,45-17+,53-51+. The van der Waals surface area contributed by atoms with Crippen molar-refractivity contribution in [3.8, 4) is 0 Å². The summed E-state index contributed by atoms with van der Waals surface area (Å²) in [6.45, 7) is 4.62. The van der Waals surface area contributed by atoms with Gasteiger partial charge in [0, 0.05) is 6.42 Å². The summed E-state index contributed by atoms with van der Waals surface area (Å²) < 4.78 is 23.5. The highest BCUT2D eigenvalue weighted by Crippen LogP contribution is 2.43. The van der Waals surface area contributed by atoms with Gasteiger partial charge in [-0.1, -0.05) is 219 Å². The molecule has 0 aromatic carbocycles. The number of phosphoric ester groups is 1. The van der Waals surface area contributed by atoms with Crippen molar-refractivity contribution >= 4 is 13.7 Å². The lowest BCUT2D eigenvalue weighted by Crippen LogP contribution is -2.45. The molecule has 0 aromatic heterocycles. The first-order chi connectivity index (χ1) is 33.5. The van der Waals surface area contributed by atoms with Crippen LogP contribution in [-0.2, 0) is 18.4 Å². The molecule has 0 aliphatic carbocycles. The smallest absolute Gasteiger partial charge is 0.387 e. The number of allylic oxidation sites excluding steroid dienone is 19. The summed E-state index contributed by atoms with van der Waals surface area (Å²) in [5.74, 6) is -0.197. The largest absolute Gasteiger partial charge is 0.472 e. The van der Waals surface area contributed by atoms with Crippen molar-refractivity contribution in [1.82, 2.24) is 5.32 Å². The summed E-state index contributed by atoms with van der Waals surface area (Å²) in [5.41, 5.74) is 0. The van der Waals surface area contributed by atoms with Crippen LogP contribution in [0, 0.1) is 0 Å². The molecule has 0 aromatic rings. The molecule has 0 radical (unpaired) electrons. The molecule has 394 valence electrons. The fourth-order valence-corrected chi connectivity index (χ4v) is 7.87. The van der Waals surface area contributed by atoms with Gasteiger partial charge in [0.25, 0.3) is 0 Å². The SMILES string of the molecule is CC/C=C\C/C=C\C/C=C\C/C=C\C/C=C\C/C=C\C/C=C\C/C=C\CCCCCCCCCCCCCCC(=O)NC(COP(=O)(O)OCC[N+](C)(C)C)C(O)/C=C/CC/C=C/CCCCCC. The fourth-order valence-electron chi connectivity index (χ4n) is 7.13. The van der Waals surface area contributed by atoms with Gasteiger partial charge in [-0.2, -0.15) is 0 Å². The molecule has 3 atom stereocenters. The Labute approximate surface area is 424 Å². The minimum atomic E-state index is -4.35. The summed E-state index contributed by atoms with van der Waals surface area (Å²) in [4.78, 5) is 23.2. The van der Waals surface area contributed by atoms with E-state index in [1.807, 2.05) is 27.2 Å². The molecule has 0 heterocycles. The molecule has 0 bridgehead atoms. The highest BCUT2D eigenvalue weighted by Gasteiger charge is 2.27. The second kappa shape index (κ2) is 49.9. The van der Waals surface area contributed by atoms with Crippen molar-refractivity contribution < 1.29 is 32.9 Å². The maximum absolute atomic E-state index is 12.9. The Bertz CT molecular complexity index is 1530. The van der Waals surface area contributed by atoms with Crippen LogP contribution in [0.3, 0.4) is 0 Å². The summed E-state index contributed by atoms with van der Waals surface area (Å²) >= 11 is 0. The van der Waals surface area contributed by atoms with Gasteiger partial charge in [-0.25, -0.2) is 4.57 Å². The van der Waals surface area contributed by atoms with Crippen molar-refractivity contribution in [2.75, 3.05) is 40.9 Å². The van der Waals surface area contributed by atoms with Gasteiger partial charge in [0.15, 0.2) is 0 Å². The Hall–Kier alpha value is -3.10. The van der Waals surface area contributed by atoms with E-state index in [4.69, 9.17) is 9.05 Å². The summed E-state index contributed by atoms with van der Waals surface area (Å²) in [7, 11) is 1.54. The van der Waals surface area contributed by atoms with E-state index >= 15 is 0 Å². The maximum atomic E-state index is 12.9. The first-order valence-electron chi connectivity index (χ1n) is 27.4. The Morgan fingerprint density at radius 3 is 1.33 bits per heavy atom. The second-order valence-electron chi connectivity index (χ2n) is 19.2. The molecule has 0 aliphatic heterocycles. The first-order valence-corrected chi connectivity index (χ1v) is 28.9. The lowest BCUT2D eigenvalue weighted by molar-refractivity contribution is -0.870. The Morgan fingerprint density at radius 1 is 0.507 bits per heavy atom. The number of carbonyl (C=O) groups is 1. The lowest BCUT2D eigenvalue weighted by atomic mass is 10.0. The number of quaternary nitrogens is 1. The van der Waals surface area contributed by atoms with Crippen molar-refractivity contribution in [3.05, 3.63) is 122 Å². The van der Waals surface area contributed by atoms with E-state index in [1.54, 1.807) is 6.08 Å². The third-order valence-electron chi connectivity index (χ3n) is 11.4. The molecule has 0 rings (SSSR count). The van der Waals surface area contributed by atoms with Gasteiger partial charge in [0.05, 0.1) is 39.9 Å². The van der Waals surface area contributed by atoms with Crippen LogP contribution in [0.4, 0.5) is 0 Å². The number of nitrogens with one attached hydrogen (secondary N) is 1. The topological polar surface area (TPSA) is 105 Å². The van der Waals surface area contributed by atoms with E-state index in [0.717, 1.165) is 89.9 Å². The number of phosphoric acid groups is 1. The minimum absolute atomic E-state index is 0.0503. The molecule has 0 saturated heterocycles. The average Bonchev–Trinajstić information content (AvgIpc) is 3.31. The van der Waals surface area contributed by atoms with Crippen LogP contribution in [0.5, 0.6) is 0 Å². The number of likely N-dealkylation sites (N-methyl/N-ethyl adjacent to an activating group) is 1. The van der Waals surface area contributed by atoms with E-state index in [9.17, 15) is 19.4 Å². The van der Waals surface area contributed by atoms with Crippen molar-refractivity contribution in [3.63, 3.8) is 0 Å².